The second kappa shape index (κ2) is 12.3. The topological polar surface area (TPSA) is 92.0 Å². The Morgan fingerprint density at radius 2 is 1.93 bits per heavy atom. The predicted octanol–water partition coefficient (Wildman–Crippen LogP) is 3.16. The van der Waals surface area contributed by atoms with Crippen molar-refractivity contribution in [2.45, 2.75) is 52.2 Å². The Morgan fingerprint density at radius 1 is 1.31 bits per heavy atom. The highest BCUT2D eigenvalue weighted by Crippen LogP contribution is 2.15. The highest BCUT2D eigenvalue weighted by molar-refractivity contribution is 14.0. The van der Waals surface area contributed by atoms with Gasteiger partial charge in [-0.15, -0.1) is 24.0 Å². The third-order valence-electron chi connectivity index (χ3n) is 5.12. The molecule has 1 aromatic carbocycles. The molecule has 1 aromatic rings. The Balaban J connectivity index is 0.00000420. The van der Waals surface area contributed by atoms with Crippen LogP contribution in [-0.4, -0.2) is 60.2 Å². The SMILES string of the molecule is CCC(C)NC(=NCc1ccc([N+](=O)[O-])cc1)NCC(C)(C)N1CCOCC1.I. The average Bonchev–Trinajstić information content (AvgIpc) is 2.70. The molecule has 2 rings (SSSR count). The lowest BCUT2D eigenvalue weighted by atomic mass is 10.0. The Labute approximate surface area is 190 Å². The Bertz CT molecular complexity index is 661. The molecule has 9 heteroatoms. The quantitative estimate of drug-likeness (QED) is 0.180. The van der Waals surface area contributed by atoms with Gasteiger partial charge < -0.3 is 15.4 Å². The van der Waals surface area contributed by atoms with E-state index in [1.807, 2.05) is 0 Å². The van der Waals surface area contributed by atoms with E-state index < -0.39 is 4.92 Å². The summed E-state index contributed by atoms with van der Waals surface area (Å²) < 4.78 is 5.46. The van der Waals surface area contributed by atoms with E-state index in [0.717, 1.165) is 50.8 Å². The molecule has 164 valence electrons. The van der Waals surface area contributed by atoms with E-state index in [1.54, 1.807) is 12.1 Å². The Morgan fingerprint density at radius 3 is 2.48 bits per heavy atom. The van der Waals surface area contributed by atoms with E-state index in [9.17, 15) is 10.1 Å². The van der Waals surface area contributed by atoms with E-state index in [4.69, 9.17) is 4.74 Å². The monoisotopic (exact) mass is 519 g/mol. The number of hydrogen-bond donors (Lipinski definition) is 2. The van der Waals surface area contributed by atoms with Crippen LogP contribution in [0.2, 0.25) is 0 Å². The molecule has 0 amide bonds. The van der Waals surface area contributed by atoms with E-state index in [-0.39, 0.29) is 35.2 Å². The summed E-state index contributed by atoms with van der Waals surface area (Å²) in [7, 11) is 0. The zero-order chi connectivity index (χ0) is 20.6. The first kappa shape index (κ1) is 25.6. The van der Waals surface area contributed by atoms with Gasteiger partial charge in [0.15, 0.2) is 5.96 Å². The van der Waals surface area contributed by atoms with Gasteiger partial charge in [0.1, 0.15) is 0 Å². The van der Waals surface area contributed by atoms with Crippen LogP contribution in [0.1, 0.15) is 39.7 Å². The van der Waals surface area contributed by atoms with Crippen LogP contribution in [0.15, 0.2) is 29.3 Å². The number of morpholine rings is 1. The van der Waals surface area contributed by atoms with Crippen LogP contribution in [0.5, 0.6) is 0 Å². The number of rotatable bonds is 8. The van der Waals surface area contributed by atoms with Gasteiger partial charge in [0.25, 0.3) is 5.69 Å². The summed E-state index contributed by atoms with van der Waals surface area (Å²) in [5.74, 6) is 0.758. The van der Waals surface area contributed by atoms with E-state index in [1.165, 1.54) is 12.1 Å². The molecule has 1 heterocycles. The molecule has 1 aliphatic rings. The summed E-state index contributed by atoms with van der Waals surface area (Å²) in [6.07, 6.45) is 0.991. The third kappa shape index (κ3) is 8.43. The van der Waals surface area contributed by atoms with Gasteiger partial charge in [0.05, 0.1) is 24.7 Å². The van der Waals surface area contributed by atoms with Crippen molar-refractivity contribution in [1.82, 2.24) is 15.5 Å². The third-order valence-corrected chi connectivity index (χ3v) is 5.12. The number of aliphatic imine (C=N–C) groups is 1. The summed E-state index contributed by atoms with van der Waals surface area (Å²) in [6.45, 7) is 13.3. The van der Waals surface area contributed by atoms with Crippen LogP contribution in [-0.2, 0) is 11.3 Å². The van der Waals surface area contributed by atoms with Crippen molar-refractivity contribution in [3.63, 3.8) is 0 Å². The zero-order valence-corrected chi connectivity index (χ0v) is 20.1. The summed E-state index contributed by atoms with van der Waals surface area (Å²) in [6, 6.07) is 6.83. The van der Waals surface area contributed by atoms with Crippen LogP contribution in [0.3, 0.4) is 0 Å². The van der Waals surface area contributed by atoms with Crippen molar-refractivity contribution in [3.8, 4) is 0 Å². The molecule has 0 aliphatic carbocycles. The highest BCUT2D eigenvalue weighted by Gasteiger charge is 2.28. The number of nitrogens with one attached hydrogen (secondary N) is 2. The maximum atomic E-state index is 10.8. The molecule has 0 spiro atoms. The zero-order valence-electron chi connectivity index (χ0n) is 17.8. The summed E-state index contributed by atoms with van der Waals surface area (Å²) in [5, 5.41) is 17.7. The molecule has 0 radical (unpaired) electrons. The van der Waals surface area contributed by atoms with Gasteiger partial charge >= 0.3 is 0 Å². The first-order valence-electron chi connectivity index (χ1n) is 9.93. The molecular weight excluding hydrogens is 485 g/mol. The number of benzene rings is 1. The van der Waals surface area contributed by atoms with Crippen LogP contribution < -0.4 is 10.6 Å². The minimum absolute atomic E-state index is 0. The molecule has 1 unspecified atom stereocenters. The largest absolute Gasteiger partial charge is 0.379 e. The average molecular weight is 519 g/mol. The van der Waals surface area contributed by atoms with Crippen molar-refractivity contribution < 1.29 is 9.66 Å². The Hall–Kier alpha value is -1.46. The van der Waals surface area contributed by atoms with Crippen LogP contribution in [0, 0.1) is 10.1 Å². The maximum Gasteiger partial charge on any atom is 0.269 e. The van der Waals surface area contributed by atoms with Crippen molar-refractivity contribution in [2.75, 3.05) is 32.8 Å². The van der Waals surface area contributed by atoms with Crippen LogP contribution in [0.4, 0.5) is 5.69 Å². The van der Waals surface area contributed by atoms with Gasteiger partial charge in [-0.2, -0.15) is 0 Å². The molecule has 1 atom stereocenters. The van der Waals surface area contributed by atoms with Crippen molar-refractivity contribution in [3.05, 3.63) is 39.9 Å². The first-order valence-corrected chi connectivity index (χ1v) is 9.93. The number of non-ortho nitro benzene ring substituents is 1. The molecule has 0 aromatic heterocycles. The molecule has 2 N–H and O–H groups in total. The number of nitro benzene ring substituents is 1. The van der Waals surface area contributed by atoms with E-state index in [2.05, 4.69) is 48.2 Å². The summed E-state index contributed by atoms with van der Waals surface area (Å²) >= 11 is 0. The van der Waals surface area contributed by atoms with Crippen molar-refractivity contribution in [1.29, 1.82) is 0 Å². The van der Waals surface area contributed by atoms with Crippen molar-refractivity contribution in [2.24, 2.45) is 4.99 Å². The fraction of sp³-hybridized carbons (Fsp3) is 0.650. The molecule has 8 nitrogen and oxygen atoms in total. The molecule has 1 saturated heterocycles. The van der Waals surface area contributed by atoms with Gasteiger partial charge in [0, 0.05) is 43.3 Å². The van der Waals surface area contributed by atoms with Gasteiger partial charge in [-0.3, -0.25) is 15.0 Å². The van der Waals surface area contributed by atoms with Gasteiger partial charge in [-0.05, 0) is 32.8 Å². The fourth-order valence-corrected chi connectivity index (χ4v) is 2.96. The lowest BCUT2D eigenvalue weighted by molar-refractivity contribution is -0.384. The van der Waals surface area contributed by atoms with Crippen molar-refractivity contribution >= 4 is 35.6 Å². The normalized spacial score (nSPS) is 16.6. The van der Waals surface area contributed by atoms with Gasteiger partial charge in [-0.1, -0.05) is 19.1 Å². The van der Waals surface area contributed by atoms with E-state index in [0.29, 0.717) is 12.6 Å². The first-order chi connectivity index (χ1) is 13.3. The van der Waals surface area contributed by atoms with Crippen LogP contribution >= 0.6 is 24.0 Å². The predicted molar refractivity (Wildman–Crippen MR) is 127 cm³/mol. The number of halogens is 1. The standard InChI is InChI=1S/C20H33N5O3.HI/c1-5-16(2)23-19(21-14-17-6-8-18(9-7-17)25(26)27)22-15-20(3,4)24-10-12-28-13-11-24;/h6-9,16H,5,10-15H2,1-4H3,(H2,21,22,23);1H. The molecule has 29 heavy (non-hydrogen) atoms. The molecular formula is C20H34IN5O3. The lowest BCUT2D eigenvalue weighted by Gasteiger charge is -2.41. The summed E-state index contributed by atoms with van der Waals surface area (Å²) in [4.78, 5) is 17.5. The minimum atomic E-state index is -0.391. The molecule has 0 bridgehead atoms. The lowest BCUT2D eigenvalue weighted by Crippen LogP contribution is -2.57. The summed E-state index contributed by atoms with van der Waals surface area (Å²) in [5.41, 5.74) is 1.01. The number of nitrogens with zero attached hydrogens (tertiary/aromatic N) is 3. The number of guanidine groups is 1. The number of hydrogen-bond acceptors (Lipinski definition) is 5. The maximum absolute atomic E-state index is 10.8. The minimum Gasteiger partial charge on any atom is -0.379 e. The number of nitro groups is 1. The second-order valence-corrected chi connectivity index (χ2v) is 7.81. The highest BCUT2D eigenvalue weighted by atomic mass is 127. The van der Waals surface area contributed by atoms with Gasteiger partial charge in [0.2, 0.25) is 0 Å². The van der Waals surface area contributed by atoms with E-state index >= 15 is 0 Å². The second-order valence-electron chi connectivity index (χ2n) is 7.81. The smallest absolute Gasteiger partial charge is 0.269 e. The Kier molecular flexibility index (Phi) is 10.8. The van der Waals surface area contributed by atoms with Crippen LogP contribution in [0.25, 0.3) is 0 Å². The fourth-order valence-electron chi connectivity index (χ4n) is 2.96. The van der Waals surface area contributed by atoms with Gasteiger partial charge in [-0.25, -0.2) is 4.99 Å². The molecule has 1 aliphatic heterocycles. The molecule has 0 saturated carbocycles. The molecule has 1 fully saturated rings. The number of ether oxygens (including phenoxy) is 1.